The van der Waals surface area contributed by atoms with Crippen LogP contribution < -0.4 is 9.80 Å². The normalized spacial score (nSPS) is 11.3. The van der Waals surface area contributed by atoms with Crippen LogP contribution in [0.2, 0.25) is 0 Å². The number of benzene rings is 8. The fourth-order valence-electron chi connectivity index (χ4n) is 6.90. The molecule has 0 radical (unpaired) electrons. The topological polar surface area (TPSA) is 6.48 Å². The van der Waals surface area contributed by atoms with E-state index in [1.165, 1.54) is 60.3 Å². The van der Waals surface area contributed by atoms with Crippen LogP contribution in [0.25, 0.3) is 32.3 Å². The lowest BCUT2D eigenvalue weighted by Crippen LogP contribution is -2.13. The highest BCUT2D eigenvalue weighted by atomic mass is 15.2. The second-order valence-corrected chi connectivity index (χ2v) is 13.0. The van der Waals surface area contributed by atoms with Crippen molar-refractivity contribution in [1.29, 1.82) is 0 Å². The van der Waals surface area contributed by atoms with Crippen molar-refractivity contribution in [2.24, 2.45) is 0 Å². The van der Waals surface area contributed by atoms with E-state index in [-0.39, 0.29) is 0 Å². The molecule has 0 aliphatic carbocycles. The van der Waals surface area contributed by atoms with E-state index in [1.807, 2.05) is 0 Å². The summed E-state index contributed by atoms with van der Waals surface area (Å²) in [7, 11) is 0. The summed E-state index contributed by atoms with van der Waals surface area (Å²) in [5, 5.41) is 7.33. The van der Waals surface area contributed by atoms with Gasteiger partial charge in [-0.05, 0) is 105 Å². The molecule has 0 bridgehead atoms. The van der Waals surface area contributed by atoms with E-state index in [2.05, 4.69) is 195 Å². The molecular formula is C46H38N2. The summed E-state index contributed by atoms with van der Waals surface area (Å²) >= 11 is 0. The van der Waals surface area contributed by atoms with Gasteiger partial charge in [0.25, 0.3) is 0 Å². The van der Waals surface area contributed by atoms with Crippen LogP contribution in [0.15, 0.2) is 158 Å². The molecule has 0 aromatic heterocycles. The fraction of sp³-hybridized carbons (Fsp3) is 0.0870. The molecule has 0 aliphatic heterocycles. The highest BCUT2D eigenvalue weighted by Gasteiger charge is 2.23. The standard InChI is InChI=1S/C46H38N2/c1-31-12-21-36(22-13-31)47(37-23-14-32(2)15-24-37)45-11-7-10-41-44(45)30-43-40-9-6-5-8-35(40)20-29-42(43)46(41)48(38-25-16-33(3)17-26-38)39-27-18-34(4)19-28-39/h5-30H,1-4H3. The minimum atomic E-state index is 1.13. The van der Waals surface area contributed by atoms with Crippen LogP contribution in [-0.2, 0) is 0 Å². The molecule has 0 heterocycles. The van der Waals surface area contributed by atoms with Gasteiger partial charge in [0, 0.05) is 38.9 Å². The Morgan fingerprint density at radius 1 is 0.312 bits per heavy atom. The van der Waals surface area contributed by atoms with E-state index in [0.29, 0.717) is 0 Å². The number of anilines is 6. The van der Waals surface area contributed by atoms with Gasteiger partial charge in [0.1, 0.15) is 0 Å². The average molecular weight is 619 g/mol. The van der Waals surface area contributed by atoms with Crippen molar-refractivity contribution in [2.45, 2.75) is 27.7 Å². The van der Waals surface area contributed by atoms with E-state index in [4.69, 9.17) is 0 Å². The first-order valence-corrected chi connectivity index (χ1v) is 16.7. The molecule has 0 saturated heterocycles. The SMILES string of the molecule is Cc1ccc(N(c2ccc(C)cc2)c2cccc3c(N(c4ccc(C)cc4)c4ccc(C)cc4)c4ccc5ccccc5c4cc23)cc1. The number of hydrogen-bond acceptors (Lipinski definition) is 2. The van der Waals surface area contributed by atoms with Gasteiger partial charge in [0.2, 0.25) is 0 Å². The van der Waals surface area contributed by atoms with Crippen LogP contribution >= 0.6 is 0 Å². The Kier molecular flexibility index (Phi) is 7.42. The van der Waals surface area contributed by atoms with Crippen molar-refractivity contribution in [1.82, 2.24) is 0 Å². The molecule has 2 nitrogen and oxygen atoms in total. The first-order chi connectivity index (χ1) is 23.4. The molecule has 8 aromatic carbocycles. The summed E-state index contributed by atoms with van der Waals surface area (Å²) in [6.07, 6.45) is 0. The van der Waals surface area contributed by atoms with Gasteiger partial charge in [-0.2, -0.15) is 0 Å². The van der Waals surface area contributed by atoms with Crippen LogP contribution in [0.3, 0.4) is 0 Å². The molecule has 0 aliphatic rings. The Balaban J connectivity index is 1.52. The summed E-state index contributed by atoms with van der Waals surface area (Å²) < 4.78 is 0. The maximum Gasteiger partial charge on any atom is 0.0619 e. The van der Waals surface area contributed by atoms with Crippen LogP contribution in [0.1, 0.15) is 22.3 Å². The monoisotopic (exact) mass is 618 g/mol. The first-order valence-electron chi connectivity index (χ1n) is 16.7. The number of hydrogen-bond donors (Lipinski definition) is 0. The minimum absolute atomic E-state index is 1.13. The lowest BCUT2D eigenvalue weighted by molar-refractivity contribution is 1.27. The van der Waals surface area contributed by atoms with E-state index < -0.39 is 0 Å². The van der Waals surface area contributed by atoms with Gasteiger partial charge < -0.3 is 9.80 Å². The zero-order chi connectivity index (χ0) is 32.8. The third-order valence-electron chi connectivity index (χ3n) is 9.49. The lowest BCUT2D eigenvalue weighted by atomic mass is 9.94. The smallest absolute Gasteiger partial charge is 0.0619 e. The number of rotatable bonds is 6. The second-order valence-electron chi connectivity index (χ2n) is 13.0. The first kappa shape index (κ1) is 29.5. The maximum atomic E-state index is 2.45. The molecule has 0 N–H and O–H groups in total. The van der Waals surface area contributed by atoms with Gasteiger partial charge >= 0.3 is 0 Å². The number of aryl methyl sites for hydroxylation is 4. The largest absolute Gasteiger partial charge is 0.310 e. The van der Waals surface area contributed by atoms with Gasteiger partial charge in [0.15, 0.2) is 0 Å². The third kappa shape index (κ3) is 5.26. The highest BCUT2D eigenvalue weighted by molar-refractivity contribution is 6.23. The van der Waals surface area contributed by atoms with Crippen molar-refractivity contribution >= 4 is 66.4 Å². The van der Waals surface area contributed by atoms with Gasteiger partial charge in [0.05, 0.1) is 11.4 Å². The molecule has 0 fully saturated rings. The van der Waals surface area contributed by atoms with Crippen molar-refractivity contribution in [3.05, 3.63) is 180 Å². The molecule has 0 unspecified atom stereocenters. The van der Waals surface area contributed by atoms with Gasteiger partial charge in [-0.25, -0.2) is 0 Å². The molecule has 232 valence electrons. The van der Waals surface area contributed by atoms with E-state index >= 15 is 0 Å². The summed E-state index contributed by atoms with van der Waals surface area (Å²) in [5.41, 5.74) is 11.8. The molecule has 0 atom stereocenters. The Labute approximate surface area is 283 Å². The molecule has 0 spiro atoms. The maximum absolute atomic E-state index is 2.45. The summed E-state index contributed by atoms with van der Waals surface area (Å²) in [6.45, 7) is 8.59. The predicted octanol–water partition coefficient (Wildman–Crippen LogP) is 13.3. The molecule has 0 saturated carbocycles. The van der Waals surface area contributed by atoms with Crippen LogP contribution in [-0.4, -0.2) is 0 Å². The Hall–Kier alpha value is -5.86. The van der Waals surface area contributed by atoms with Gasteiger partial charge in [-0.3, -0.25) is 0 Å². The molecule has 0 amide bonds. The van der Waals surface area contributed by atoms with Crippen molar-refractivity contribution in [3.63, 3.8) is 0 Å². The summed E-state index contributed by atoms with van der Waals surface area (Å²) in [5.74, 6) is 0. The predicted molar refractivity (Wildman–Crippen MR) is 207 cm³/mol. The molecule has 8 rings (SSSR count). The van der Waals surface area contributed by atoms with Crippen LogP contribution in [0.5, 0.6) is 0 Å². The Morgan fingerprint density at radius 3 is 1.27 bits per heavy atom. The number of nitrogens with zero attached hydrogens (tertiary/aromatic N) is 2. The van der Waals surface area contributed by atoms with E-state index in [1.54, 1.807) is 0 Å². The zero-order valence-electron chi connectivity index (χ0n) is 27.9. The molecule has 2 heteroatoms. The zero-order valence-corrected chi connectivity index (χ0v) is 27.9. The summed E-state index contributed by atoms with van der Waals surface area (Å²) in [6, 6.07) is 58.1. The second kappa shape index (κ2) is 12.1. The van der Waals surface area contributed by atoms with Crippen LogP contribution in [0.4, 0.5) is 34.1 Å². The quantitative estimate of drug-likeness (QED) is 0.135. The van der Waals surface area contributed by atoms with Gasteiger partial charge in [-0.15, -0.1) is 0 Å². The van der Waals surface area contributed by atoms with E-state index in [9.17, 15) is 0 Å². The van der Waals surface area contributed by atoms with E-state index in [0.717, 1.165) is 28.4 Å². The molecular weight excluding hydrogens is 581 g/mol. The van der Waals surface area contributed by atoms with Gasteiger partial charge in [-0.1, -0.05) is 119 Å². The Morgan fingerprint density at radius 2 is 0.750 bits per heavy atom. The average Bonchev–Trinajstić information content (AvgIpc) is 3.11. The molecule has 48 heavy (non-hydrogen) atoms. The molecule has 8 aromatic rings. The van der Waals surface area contributed by atoms with Crippen LogP contribution in [0, 0.1) is 27.7 Å². The Bertz CT molecular complexity index is 2310. The van der Waals surface area contributed by atoms with Crippen molar-refractivity contribution in [2.75, 3.05) is 9.80 Å². The minimum Gasteiger partial charge on any atom is -0.310 e. The lowest BCUT2D eigenvalue weighted by Gasteiger charge is -2.31. The van der Waals surface area contributed by atoms with Crippen molar-refractivity contribution < 1.29 is 0 Å². The van der Waals surface area contributed by atoms with Crippen molar-refractivity contribution in [3.8, 4) is 0 Å². The fourth-order valence-corrected chi connectivity index (χ4v) is 6.90. The summed E-state index contributed by atoms with van der Waals surface area (Å²) in [4.78, 5) is 4.86. The third-order valence-corrected chi connectivity index (χ3v) is 9.49. The number of fused-ring (bicyclic) bond motifs is 4. The highest BCUT2D eigenvalue weighted by Crippen LogP contribution is 2.49.